The van der Waals surface area contributed by atoms with Gasteiger partial charge >= 0.3 is 0 Å². The van der Waals surface area contributed by atoms with Crippen molar-refractivity contribution in [3.8, 4) is 0 Å². The van der Waals surface area contributed by atoms with Gasteiger partial charge in [-0.2, -0.15) is 0 Å². The monoisotopic (exact) mass is 222 g/mol. The Labute approximate surface area is 94.1 Å². The van der Waals surface area contributed by atoms with Crippen LogP contribution in [0.2, 0.25) is 0 Å². The van der Waals surface area contributed by atoms with Gasteiger partial charge in [0.25, 0.3) is 5.91 Å². The van der Waals surface area contributed by atoms with E-state index in [0.717, 1.165) is 18.5 Å². The van der Waals surface area contributed by atoms with E-state index in [1.165, 1.54) is 26.0 Å². The Bertz CT molecular complexity index is 400. The van der Waals surface area contributed by atoms with Crippen molar-refractivity contribution in [3.63, 3.8) is 0 Å². The van der Waals surface area contributed by atoms with Crippen molar-refractivity contribution in [1.29, 1.82) is 0 Å². The second-order valence-electron chi connectivity index (χ2n) is 4.13. The third kappa shape index (κ3) is 2.05. The van der Waals surface area contributed by atoms with E-state index in [2.05, 4.69) is 10.3 Å². The lowest BCUT2D eigenvalue weighted by molar-refractivity contribution is 0.0953. The minimum Gasteiger partial charge on any atom is -0.354 e. The van der Waals surface area contributed by atoms with Crippen LogP contribution in [0.1, 0.15) is 47.8 Å². The first-order valence-corrected chi connectivity index (χ1v) is 5.61. The van der Waals surface area contributed by atoms with Crippen LogP contribution in [0.25, 0.3) is 0 Å². The van der Waals surface area contributed by atoms with Crippen molar-refractivity contribution in [3.05, 3.63) is 29.3 Å². The number of carbonyl (C=O) groups excluding carboxylic acids is 1. The van der Waals surface area contributed by atoms with Crippen LogP contribution in [0.3, 0.4) is 0 Å². The molecule has 0 aliphatic heterocycles. The lowest BCUT2D eigenvalue weighted by atomic mass is 10.0. The Balaban J connectivity index is 2.30. The number of hydrogen-bond donors (Lipinski definition) is 1. The number of nitrogens with zero attached hydrogens (tertiary/aromatic N) is 1. The summed E-state index contributed by atoms with van der Waals surface area (Å²) in [5, 5.41) is 2.40. The van der Waals surface area contributed by atoms with Gasteiger partial charge in [-0.1, -0.05) is 12.8 Å². The van der Waals surface area contributed by atoms with E-state index in [4.69, 9.17) is 0 Å². The number of hydrogen-bond acceptors (Lipinski definition) is 2. The van der Waals surface area contributed by atoms with Gasteiger partial charge in [-0.3, -0.25) is 4.79 Å². The molecule has 86 valence electrons. The van der Waals surface area contributed by atoms with E-state index >= 15 is 0 Å². The summed E-state index contributed by atoms with van der Waals surface area (Å²) in [4.78, 5) is 15.5. The summed E-state index contributed by atoms with van der Waals surface area (Å²) in [5.41, 5.74) is 0.754. The molecule has 1 aromatic heterocycles. The highest BCUT2D eigenvalue weighted by atomic mass is 19.1. The molecule has 3 nitrogen and oxygen atoms in total. The van der Waals surface area contributed by atoms with Crippen molar-refractivity contribution in [1.82, 2.24) is 10.3 Å². The van der Waals surface area contributed by atoms with E-state index in [9.17, 15) is 9.18 Å². The van der Waals surface area contributed by atoms with Crippen molar-refractivity contribution < 1.29 is 9.18 Å². The third-order valence-corrected chi connectivity index (χ3v) is 3.08. The summed E-state index contributed by atoms with van der Waals surface area (Å²) in [6.07, 6.45) is 4.57. The highest BCUT2D eigenvalue weighted by Gasteiger charge is 2.21. The molecule has 0 atom stereocenters. The van der Waals surface area contributed by atoms with E-state index in [-0.39, 0.29) is 5.69 Å². The quantitative estimate of drug-likeness (QED) is 0.833. The van der Waals surface area contributed by atoms with Gasteiger partial charge in [-0.25, -0.2) is 9.37 Å². The molecule has 4 heteroatoms. The molecule has 1 heterocycles. The predicted molar refractivity (Wildman–Crippen MR) is 58.8 cm³/mol. The minimum absolute atomic E-state index is 0.0908. The van der Waals surface area contributed by atoms with E-state index in [1.54, 1.807) is 6.07 Å². The van der Waals surface area contributed by atoms with Gasteiger partial charge in [0.2, 0.25) is 0 Å². The fourth-order valence-corrected chi connectivity index (χ4v) is 2.18. The zero-order chi connectivity index (χ0) is 11.5. The molecule has 0 unspecified atom stereocenters. The number of rotatable bonds is 2. The number of aromatic nitrogens is 1. The first-order valence-electron chi connectivity index (χ1n) is 5.61. The second-order valence-corrected chi connectivity index (χ2v) is 4.13. The summed E-state index contributed by atoms with van der Waals surface area (Å²) in [6, 6.07) is 3.03. The van der Waals surface area contributed by atoms with Crippen molar-refractivity contribution in [2.24, 2.45) is 0 Å². The van der Waals surface area contributed by atoms with E-state index < -0.39 is 11.7 Å². The SMILES string of the molecule is CNC(=O)c1nc(C2CCCC2)ccc1F. The largest absolute Gasteiger partial charge is 0.354 e. The van der Waals surface area contributed by atoms with Gasteiger partial charge in [-0.05, 0) is 25.0 Å². The fourth-order valence-electron chi connectivity index (χ4n) is 2.18. The smallest absolute Gasteiger partial charge is 0.272 e. The Morgan fingerprint density at radius 1 is 1.44 bits per heavy atom. The van der Waals surface area contributed by atoms with Gasteiger partial charge in [0, 0.05) is 18.7 Å². The Hall–Kier alpha value is -1.45. The third-order valence-electron chi connectivity index (χ3n) is 3.08. The highest BCUT2D eigenvalue weighted by Crippen LogP contribution is 2.33. The molecule has 0 saturated heterocycles. The molecule has 1 amide bonds. The highest BCUT2D eigenvalue weighted by molar-refractivity contribution is 5.92. The Kier molecular flexibility index (Phi) is 3.17. The topological polar surface area (TPSA) is 42.0 Å². The van der Waals surface area contributed by atoms with Gasteiger partial charge in [-0.15, -0.1) is 0 Å². The summed E-state index contributed by atoms with van der Waals surface area (Å²) >= 11 is 0. The molecular weight excluding hydrogens is 207 g/mol. The molecule has 1 aliphatic carbocycles. The zero-order valence-corrected chi connectivity index (χ0v) is 9.29. The first-order chi connectivity index (χ1) is 7.72. The molecule has 0 spiro atoms. The molecule has 1 fully saturated rings. The van der Waals surface area contributed by atoms with Crippen LogP contribution in [-0.4, -0.2) is 17.9 Å². The van der Waals surface area contributed by atoms with E-state index in [0.29, 0.717) is 5.92 Å². The maximum Gasteiger partial charge on any atom is 0.272 e. The lowest BCUT2D eigenvalue weighted by Gasteiger charge is -2.10. The maximum absolute atomic E-state index is 13.4. The van der Waals surface area contributed by atoms with Crippen LogP contribution in [0, 0.1) is 5.82 Å². The molecule has 1 saturated carbocycles. The number of pyridine rings is 1. The summed E-state index contributed by atoms with van der Waals surface area (Å²) in [5.74, 6) is -0.623. The molecule has 16 heavy (non-hydrogen) atoms. The summed E-state index contributed by atoms with van der Waals surface area (Å²) in [6.45, 7) is 0. The van der Waals surface area contributed by atoms with Crippen molar-refractivity contribution in [2.45, 2.75) is 31.6 Å². The standard InChI is InChI=1S/C12H15FN2O/c1-14-12(16)11-9(13)6-7-10(15-11)8-4-2-3-5-8/h6-8H,2-5H2,1H3,(H,14,16). The van der Waals surface area contributed by atoms with E-state index in [1.807, 2.05) is 0 Å². The first kappa shape index (κ1) is 11.0. The normalized spacial score (nSPS) is 16.4. The Morgan fingerprint density at radius 3 is 2.75 bits per heavy atom. The fraction of sp³-hybridized carbons (Fsp3) is 0.500. The van der Waals surface area contributed by atoms with Crippen LogP contribution < -0.4 is 5.32 Å². The van der Waals surface area contributed by atoms with Crippen LogP contribution in [0.15, 0.2) is 12.1 Å². The summed E-state index contributed by atoms with van der Waals surface area (Å²) in [7, 11) is 1.48. The van der Waals surface area contributed by atoms with Crippen LogP contribution in [0.4, 0.5) is 4.39 Å². The average Bonchev–Trinajstić information content (AvgIpc) is 2.82. The molecule has 0 radical (unpaired) electrons. The number of nitrogens with one attached hydrogen (secondary N) is 1. The van der Waals surface area contributed by atoms with Gasteiger partial charge < -0.3 is 5.32 Å². The van der Waals surface area contributed by atoms with Crippen LogP contribution >= 0.6 is 0 Å². The molecule has 2 rings (SSSR count). The summed E-state index contributed by atoms with van der Waals surface area (Å²) < 4.78 is 13.4. The van der Waals surface area contributed by atoms with Crippen molar-refractivity contribution in [2.75, 3.05) is 7.05 Å². The van der Waals surface area contributed by atoms with Crippen molar-refractivity contribution >= 4 is 5.91 Å². The van der Waals surface area contributed by atoms with Crippen LogP contribution in [-0.2, 0) is 0 Å². The minimum atomic E-state index is -0.555. The molecule has 1 aliphatic rings. The molecule has 0 bridgehead atoms. The molecule has 1 aromatic rings. The van der Waals surface area contributed by atoms with Gasteiger partial charge in [0.05, 0.1) is 0 Å². The molecular formula is C12H15FN2O. The maximum atomic E-state index is 13.4. The predicted octanol–water partition coefficient (Wildman–Crippen LogP) is 2.24. The van der Waals surface area contributed by atoms with Crippen LogP contribution in [0.5, 0.6) is 0 Å². The van der Waals surface area contributed by atoms with Gasteiger partial charge in [0.15, 0.2) is 11.5 Å². The second kappa shape index (κ2) is 4.60. The number of halogens is 1. The molecule has 1 N–H and O–H groups in total. The number of amides is 1. The lowest BCUT2D eigenvalue weighted by Crippen LogP contribution is -2.21. The van der Waals surface area contributed by atoms with Gasteiger partial charge in [0.1, 0.15) is 0 Å². The average molecular weight is 222 g/mol. The Morgan fingerprint density at radius 2 is 2.12 bits per heavy atom. The number of carbonyl (C=O) groups is 1. The molecule has 0 aromatic carbocycles. The zero-order valence-electron chi connectivity index (χ0n) is 9.29.